The van der Waals surface area contributed by atoms with E-state index in [-0.39, 0.29) is 11.2 Å². The van der Waals surface area contributed by atoms with Gasteiger partial charge in [-0.15, -0.1) is 11.8 Å². The summed E-state index contributed by atoms with van der Waals surface area (Å²) in [4.78, 5) is 26.8. The van der Waals surface area contributed by atoms with E-state index in [1.807, 2.05) is 18.7 Å². The van der Waals surface area contributed by atoms with Crippen LogP contribution in [0.2, 0.25) is 0 Å². The second-order valence-electron chi connectivity index (χ2n) is 6.79. The summed E-state index contributed by atoms with van der Waals surface area (Å²) >= 11 is 1.63. The van der Waals surface area contributed by atoms with Gasteiger partial charge in [-0.05, 0) is 39.8 Å². The zero-order valence-corrected chi connectivity index (χ0v) is 16.7. The lowest BCUT2D eigenvalue weighted by Gasteiger charge is -2.37. The molecule has 1 aromatic heterocycles. The smallest absolute Gasteiger partial charge is 0.235 e. The maximum Gasteiger partial charge on any atom is 0.235 e. The summed E-state index contributed by atoms with van der Waals surface area (Å²) in [6, 6.07) is 8.35. The number of carbonyl (C=O) groups is 1. The number of amides is 1. The van der Waals surface area contributed by atoms with Gasteiger partial charge in [0.15, 0.2) is 0 Å². The highest BCUT2D eigenvalue weighted by molar-refractivity contribution is 8.00. The molecule has 138 valence electrons. The van der Waals surface area contributed by atoms with E-state index in [4.69, 9.17) is 0 Å². The Hall–Kier alpha value is -2.08. The quantitative estimate of drug-likeness (QED) is 0.774. The normalized spacial score (nSPS) is 15.8. The number of aryl methyl sites for hydroxylation is 2. The molecule has 0 saturated carbocycles. The third-order valence-corrected chi connectivity index (χ3v) is 5.98. The van der Waals surface area contributed by atoms with Gasteiger partial charge in [-0.25, -0.2) is 9.97 Å². The first-order chi connectivity index (χ1) is 12.5. The molecule has 2 aromatic rings. The standard InChI is InChI=1S/C20H26N4OS/c1-14-5-7-18(8-6-14)26-17(4)20(25)24-11-9-23(10-12-24)19-15(2)16(3)21-13-22-19/h5-8,13,17H,9-12H2,1-4H3. The highest BCUT2D eigenvalue weighted by atomic mass is 32.2. The molecule has 1 fully saturated rings. The molecule has 3 rings (SSSR count). The fourth-order valence-electron chi connectivity index (χ4n) is 3.11. The monoisotopic (exact) mass is 370 g/mol. The van der Waals surface area contributed by atoms with Crippen molar-refractivity contribution in [2.45, 2.75) is 37.8 Å². The first-order valence-corrected chi connectivity index (χ1v) is 9.89. The lowest BCUT2D eigenvalue weighted by atomic mass is 10.2. The molecule has 1 atom stereocenters. The van der Waals surface area contributed by atoms with Crippen LogP contribution in [0.15, 0.2) is 35.5 Å². The first kappa shape index (κ1) is 18.7. The van der Waals surface area contributed by atoms with E-state index in [0.29, 0.717) is 0 Å². The summed E-state index contributed by atoms with van der Waals surface area (Å²) in [5, 5.41) is -0.0766. The highest BCUT2D eigenvalue weighted by Crippen LogP contribution is 2.26. The van der Waals surface area contributed by atoms with Crippen molar-refractivity contribution in [3.63, 3.8) is 0 Å². The van der Waals surface area contributed by atoms with E-state index in [9.17, 15) is 4.79 Å². The van der Waals surface area contributed by atoms with Gasteiger partial charge >= 0.3 is 0 Å². The molecule has 1 aromatic carbocycles. The number of hydrogen-bond donors (Lipinski definition) is 0. The Balaban J connectivity index is 1.57. The Morgan fingerprint density at radius 1 is 1.04 bits per heavy atom. The molecule has 1 amide bonds. The zero-order valence-electron chi connectivity index (χ0n) is 15.9. The summed E-state index contributed by atoms with van der Waals surface area (Å²) in [5.74, 6) is 1.21. The van der Waals surface area contributed by atoms with Gasteiger partial charge in [-0.2, -0.15) is 0 Å². The average Bonchev–Trinajstić information content (AvgIpc) is 2.65. The van der Waals surface area contributed by atoms with Crippen LogP contribution in [-0.2, 0) is 4.79 Å². The van der Waals surface area contributed by atoms with E-state index in [2.05, 4.69) is 53.0 Å². The second kappa shape index (κ2) is 8.08. The maximum absolute atomic E-state index is 12.8. The molecule has 0 N–H and O–H groups in total. The van der Waals surface area contributed by atoms with Gasteiger partial charge in [0.2, 0.25) is 5.91 Å². The lowest BCUT2D eigenvalue weighted by Crippen LogP contribution is -2.51. The fraction of sp³-hybridized carbons (Fsp3) is 0.450. The summed E-state index contributed by atoms with van der Waals surface area (Å²) in [7, 11) is 0. The highest BCUT2D eigenvalue weighted by Gasteiger charge is 2.26. The number of rotatable bonds is 4. The predicted molar refractivity (Wildman–Crippen MR) is 107 cm³/mol. The van der Waals surface area contributed by atoms with Crippen molar-refractivity contribution in [3.05, 3.63) is 47.4 Å². The third-order valence-electron chi connectivity index (χ3n) is 4.88. The summed E-state index contributed by atoms with van der Waals surface area (Å²) in [6.07, 6.45) is 1.62. The van der Waals surface area contributed by atoms with Gasteiger partial charge in [0.05, 0.1) is 5.25 Å². The molecule has 1 aliphatic heterocycles. The van der Waals surface area contributed by atoms with Crippen LogP contribution in [0.1, 0.15) is 23.7 Å². The largest absolute Gasteiger partial charge is 0.353 e. The van der Waals surface area contributed by atoms with Gasteiger partial charge < -0.3 is 9.80 Å². The molecule has 6 heteroatoms. The minimum Gasteiger partial charge on any atom is -0.353 e. The van der Waals surface area contributed by atoms with Crippen molar-refractivity contribution in [2.75, 3.05) is 31.1 Å². The molecule has 1 unspecified atom stereocenters. The van der Waals surface area contributed by atoms with Gasteiger partial charge in [-0.3, -0.25) is 4.79 Å². The molecule has 0 aliphatic carbocycles. The van der Waals surface area contributed by atoms with Crippen LogP contribution in [-0.4, -0.2) is 52.2 Å². The van der Waals surface area contributed by atoms with Crippen molar-refractivity contribution in [1.29, 1.82) is 0 Å². The minimum atomic E-state index is -0.0766. The van der Waals surface area contributed by atoms with Crippen molar-refractivity contribution in [3.8, 4) is 0 Å². The number of aromatic nitrogens is 2. The number of hydrogen-bond acceptors (Lipinski definition) is 5. The number of thioether (sulfide) groups is 1. The van der Waals surface area contributed by atoms with E-state index in [0.717, 1.165) is 48.1 Å². The summed E-state index contributed by atoms with van der Waals surface area (Å²) in [6.45, 7) is 11.2. The molecule has 5 nitrogen and oxygen atoms in total. The molecule has 26 heavy (non-hydrogen) atoms. The van der Waals surface area contributed by atoms with Crippen LogP contribution in [0.3, 0.4) is 0 Å². The van der Waals surface area contributed by atoms with Crippen LogP contribution in [0.5, 0.6) is 0 Å². The number of benzene rings is 1. The van der Waals surface area contributed by atoms with Gasteiger partial charge in [0.25, 0.3) is 0 Å². The topological polar surface area (TPSA) is 49.3 Å². The zero-order chi connectivity index (χ0) is 18.7. The Bertz CT molecular complexity index is 770. The van der Waals surface area contributed by atoms with Crippen LogP contribution in [0.4, 0.5) is 5.82 Å². The van der Waals surface area contributed by atoms with Crippen LogP contribution in [0.25, 0.3) is 0 Å². The second-order valence-corrected chi connectivity index (χ2v) is 8.21. The maximum atomic E-state index is 12.8. The van der Waals surface area contributed by atoms with Gasteiger partial charge in [0, 0.05) is 42.3 Å². The Labute approximate surface area is 159 Å². The SMILES string of the molecule is Cc1ccc(SC(C)C(=O)N2CCN(c3ncnc(C)c3C)CC2)cc1. The van der Waals surface area contributed by atoms with E-state index in [1.54, 1.807) is 18.1 Å². The summed E-state index contributed by atoms with van der Waals surface area (Å²) < 4.78 is 0. The number of piperazine rings is 1. The van der Waals surface area contributed by atoms with Crippen molar-refractivity contribution < 1.29 is 4.79 Å². The molecule has 0 bridgehead atoms. The Morgan fingerprint density at radius 2 is 1.69 bits per heavy atom. The van der Waals surface area contributed by atoms with Crippen LogP contribution < -0.4 is 4.90 Å². The lowest BCUT2D eigenvalue weighted by molar-refractivity contribution is -0.130. The molecular formula is C20H26N4OS. The first-order valence-electron chi connectivity index (χ1n) is 9.01. The van der Waals surface area contributed by atoms with E-state index in [1.165, 1.54) is 5.56 Å². The van der Waals surface area contributed by atoms with Crippen molar-refractivity contribution >= 4 is 23.5 Å². The molecule has 1 saturated heterocycles. The summed E-state index contributed by atoms with van der Waals surface area (Å²) in [5.41, 5.74) is 3.37. The molecule has 0 radical (unpaired) electrons. The Morgan fingerprint density at radius 3 is 2.35 bits per heavy atom. The molecule has 0 spiro atoms. The van der Waals surface area contributed by atoms with Crippen LogP contribution >= 0.6 is 11.8 Å². The average molecular weight is 371 g/mol. The minimum absolute atomic E-state index is 0.0766. The Kier molecular flexibility index (Phi) is 5.81. The number of anilines is 1. The van der Waals surface area contributed by atoms with Gasteiger partial charge in [0.1, 0.15) is 12.1 Å². The number of nitrogens with zero attached hydrogens (tertiary/aromatic N) is 4. The van der Waals surface area contributed by atoms with E-state index >= 15 is 0 Å². The molecule has 2 heterocycles. The van der Waals surface area contributed by atoms with Gasteiger partial charge in [-0.1, -0.05) is 17.7 Å². The van der Waals surface area contributed by atoms with Crippen LogP contribution in [0, 0.1) is 20.8 Å². The third kappa shape index (κ3) is 4.18. The molecular weight excluding hydrogens is 344 g/mol. The van der Waals surface area contributed by atoms with Crippen molar-refractivity contribution in [2.24, 2.45) is 0 Å². The van der Waals surface area contributed by atoms with Crippen molar-refractivity contribution in [1.82, 2.24) is 14.9 Å². The van der Waals surface area contributed by atoms with E-state index < -0.39 is 0 Å². The fourth-order valence-corrected chi connectivity index (χ4v) is 4.06. The predicted octanol–water partition coefficient (Wildman–Crippen LogP) is 3.23. The number of carbonyl (C=O) groups excluding carboxylic acids is 1. The molecule has 1 aliphatic rings.